The smallest absolute Gasteiger partial charge is 0.272 e. The summed E-state index contributed by atoms with van der Waals surface area (Å²) in [6.07, 6.45) is 4.89. The minimum atomic E-state index is 0.0983. The Balaban J connectivity index is 1.59. The molecule has 2 N–H and O–H groups in total. The van der Waals surface area contributed by atoms with E-state index in [9.17, 15) is 4.79 Å². The van der Waals surface area contributed by atoms with E-state index in [1.807, 2.05) is 11.9 Å². The second-order valence-electron chi connectivity index (χ2n) is 5.91. The van der Waals surface area contributed by atoms with Gasteiger partial charge in [-0.3, -0.25) is 14.4 Å². The molecule has 1 unspecified atom stereocenters. The molecule has 1 aromatic heterocycles. The molecule has 6 nitrogen and oxygen atoms in total. The van der Waals surface area contributed by atoms with Crippen molar-refractivity contribution in [3.63, 3.8) is 0 Å². The van der Waals surface area contributed by atoms with Crippen LogP contribution in [0.2, 0.25) is 0 Å². The molecular weight excluding hydrogens is 254 g/mol. The topological polar surface area (TPSA) is 67.4 Å². The number of rotatable bonds is 2. The number of likely N-dealkylation sites (tertiary alicyclic amines) is 2. The molecule has 1 amide bonds. The predicted molar refractivity (Wildman–Crippen MR) is 76.3 cm³/mol. The molecule has 0 aliphatic carbocycles. The summed E-state index contributed by atoms with van der Waals surface area (Å²) < 4.78 is 1.65. The van der Waals surface area contributed by atoms with Gasteiger partial charge in [0.05, 0.1) is 0 Å². The number of nitrogens with two attached hydrogens (primary N) is 1. The van der Waals surface area contributed by atoms with E-state index < -0.39 is 0 Å². The second kappa shape index (κ2) is 5.54. The Hall–Kier alpha value is -1.40. The number of carbonyl (C=O) groups excluding carboxylic acids is 1. The molecular formula is C14H23N5O. The van der Waals surface area contributed by atoms with Gasteiger partial charge >= 0.3 is 0 Å². The van der Waals surface area contributed by atoms with Gasteiger partial charge in [-0.1, -0.05) is 0 Å². The molecule has 0 radical (unpaired) electrons. The fourth-order valence-electron chi connectivity index (χ4n) is 3.25. The Labute approximate surface area is 119 Å². The van der Waals surface area contributed by atoms with E-state index in [0.29, 0.717) is 17.8 Å². The molecule has 0 bridgehead atoms. The van der Waals surface area contributed by atoms with Crippen molar-refractivity contribution < 1.29 is 4.79 Å². The Kier molecular flexibility index (Phi) is 3.76. The summed E-state index contributed by atoms with van der Waals surface area (Å²) in [6, 6.07) is 2.65. The van der Waals surface area contributed by atoms with Crippen molar-refractivity contribution in [2.24, 2.45) is 12.8 Å². The number of nitrogens with zero attached hydrogens (tertiary/aromatic N) is 4. The van der Waals surface area contributed by atoms with Crippen LogP contribution in [0, 0.1) is 0 Å². The van der Waals surface area contributed by atoms with Gasteiger partial charge in [0.25, 0.3) is 5.91 Å². The Morgan fingerprint density at radius 1 is 1.30 bits per heavy atom. The minimum absolute atomic E-state index is 0.0983. The third kappa shape index (κ3) is 2.58. The molecule has 1 aromatic rings. The maximum Gasteiger partial charge on any atom is 0.272 e. The molecule has 6 heteroatoms. The van der Waals surface area contributed by atoms with Crippen LogP contribution in [0.4, 0.5) is 0 Å². The highest BCUT2D eigenvalue weighted by atomic mass is 16.2. The van der Waals surface area contributed by atoms with Crippen molar-refractivity contribution in [2.75, 3.05) is 26.2 Å². The fourth-order valence-corrected chi connectivity index (χ4v) is 3.25. The summed E-state index contributed by atoms with van der Waals surface area (Å²) in [6.45, 7) is 3.82. The van der Waals surface area contributed by atoms with Crippen molar-refractivity contribution in [2.45, 2.75) is 31.3 Å². The third-order valence-electron chi connectivity index (χ3n) is 4.58. The van der Waals surface area contributed by atoms with E-state index in [2.05, 4.69) is 10.00 Å². The molecule has 2 fully saturated rings. The number of aromatic nitrogens is 2. The number of amides is 1. The van der Waals surface area contributed by atoms with Crippen molar-refractivity contribution in [1.82, 2.24) is 19.6 Å². The van der Waals surface area contributed by atoms with Crippen LogP contribution in [0.3, 0.4) is 0 Å². The molecule has 20 heavy (non-hydrogen) atoms. The first kappa shape index (κ1) is 13.6. The normalized spacial score (nSPS) is 25.3. The summed E-state index contributed by atoms with van der Waals surface area (Å²) >= 11 is 0. The fraction of sp³-hybridized carbons (Fsp3) is 0.714. The van der Waals surface area contributed by atoms with Crippen molar-refractivity contribution in [3.05, 3.63) is 18.0 Å². The number of piperidine rings is 1. The van der Waals surface area contributed by atoms with Crippen LogP contribution >= 0.6 is 0 Å². The molecule has 3 rings (SSSR count). The van der Waals surface area contributed by atoms with E-state index in [1.165, 1.54) is 0 Å². The molecule has 0 aromatic carbocycles. The van der Waals surface area contributed by atoms with E-state index in [-0.39, 0.29) is 5.91 Å². The van der Waals surface area contributed by atoms with Crippen LogP contribution in [0.1, 0.15) is 29.8 Å². The van der Waals surface area contributed by atoms with Crippen LogP contribution < -0.4 is 5.73 Å². The summed E-state index contributed by atoms with van der Waals surface area (Å²) in [5.74, 6) is 0.0983. The van der Waals surface area contributed by atoms with Gasteiger partial charge in [0.15, 0.2) is 0 Å². The van der Waals surface area contributed by atoms with Crippen LogP contribution in [0.25, 0.3) is 0 Å². The zero-order valence-electron chi connectivity index (χ0n) is 12.0. The lowest BCUT2D eigenvalue weighted by molar-refractivity contribution is 0.0758. The third-order valence-corrected chi connectivity index (χ3v) is 4.58. The zero-order valence-corrected chi connectivity index (χ0v) is 12.0. The summed E-state index contributed by atoms with van der Waals surface area (Å²) in [4.78, 5) is 16.9. The van der Waals surface area contributed by atoms with E-state index in [0.717, 1.165) is 45.4 Å². The van der Waals surface area contributed by atoms with E-state index >= 15 is 0 Å². The highest BCUT2D eigenvalue weighted by Crippen LogP contribution is 2.21. The monoisotopic (exact) mass is 277 g/mol. The van der Waals surface area contributed by atoms with Crippen LogP contribution in [-0.4, -0.2) is 63.8 Å². The lowest BCUT2D eigenvalue weighted by Gasteiger charge is -2.34. The van der Waals surface area contributed by atoms with Gasteiger partial charge in [0.2, 0.25) is 0 Å². The van der Waals surface area contributed by atoms with Crippen LogP contribution in [-0.2, 0) is 7.05 Å². The van der Waals surface area contributed by atoms with Gasteiger partial charge in [0.1, 0.15) is 5.69 Å². The molecule has 2 aliphatic rings. The largest absolute Gasteiger partial charge is 0.336 e. The second-order valence-corrected chi connectivity index (χ2v) is 5.91. The predicted octanol–water partition coefficient (Wildman–Crippen LogP) is 0.0577. The number of aryl methyl sites for hydroxylation is 1. The summed E-state index contributed by atoms with van der Waals surface area (Å²) in [5.41, 5.74) is 6.62. The lowest BCUT2D eigenvalue weighted by atomic mass is 10.0. The van der Waals surface area contributed by atoms with Crippen molar-refractivity contribution in [1.29, 1.82) is 0 Å². The number of carbonyl (C=O) groups is 1. The average Bonchev–Trinajstić information content (AvgIpc) is 3.08. The van der Waals surface area contributed by atoms with Gasteiger partial charge in [-0.15, -0.1) is 0 Å². The number of hydrogen-bond acceptors (Lipinski definition) is 4. The molecule has 2 aliphatic heterocycles. The molecule has 3 heterocycles. The van der Waals surface area contributed by atoms with Gasteiger partial charge in [-0.05, 0) is 38.4 Å². The Morgan fingerprint density at radius 2 is 2.05 bits per heavy atom. The standard InChI is InChI=1S/C14H23N5O/c1-17-13(2-6-16-17)14(20)19-9-5-12(10-19)18-7-3-11(15)4-8-18/h2,6,11-12H,3-5,7-10,15H2,1H3. The zero-order chi connectivity index (χ0) is 14.1. The van der Waals surface area contributed by atoms with Gasteiger partial charge in [-0.25, -0.2) is 0 Å². The van der Waals surface area contributed by atoms with Crippen LogP contribution in [0.5, 0.6) is 0 Å². The molecule has 0 saturated carbocycles. The van der Waals surface area contributed by atoms with E-state index in [4.69, 9.17) is 5.73 Å². The van der Waals surface area contributed by atoms with Gasteiger partial charge in [0, 0.05) is 38.4 Å². The Bertz CT molecular complexity index is 478. The van der Waals surface area contributed by atoms with Gasteiger partial charge < -0.3 is 10.6 Å². The summed E-state index contributed by atoms with van der Waals surface area (Å²) in [5, 5.41) is 4.07. The Morgan fingerprint density at radius 3 is 2.70 bits per heavy atom. The maximum atomic E-state index is 12.4. The van der Waals surface area contributed by atoms with E-state index in [1.54, 1.807) is 16.9 Å². The summed E-state index contributed by atoms with van der Waals surface area (Å²) in [7, 11) is 1.81. The first-order valence-electron chi connectivity index (χ1n) is 7.42. The maximum absolute atomic E-state index is 12.4. The number of hydrogen-bond donors (Lipinski definition) is 1. The van der Waals surface area contributed by atoms with Crippen molar-refractivity contribution >= 4 is 5.91 Å². The average molecular weight is 277 g/mol. The highest BCUT2D eigenvalue weighted by Gasteiger charge is 2.32. The SMILES string of the molecule is Cn1nccc1C(=O)N1CCC(N2CCC(N)CC2)C1. The minimum Gasteiger partial charge on any atom is -0.336 e. The first-order chi connectivity index (χ1) is 9.65. The molecule has 2 saturated heterocycles. The van der Waals surface area contributed by atoms with Crippen molar-refractivity contribution in [3.8, 4) is 0 Å². The van der Waals surface area contributed by atoms with Gasteiger partial charge in [-0.2, -0.15) is 5.10 Å². The highest BCUT2D eigenvalue weighted by molar-refractivity contribution is 5.92. The molecule has 1 atom stereocenters. The first-order valence-corrected chi connectivity index (χ1v) is 7.42. The molecule has 110 valence electrons. The van der Waals surface area contributed by atoms with Crippen LogP contribution in [0.15, 0.2) is 12.3 Å². The quantitative estimate of drug-likeness (QED) is 0.830. The lowest BCUT2D eigenvalue weighted by Crippen LogP contribution is -2.46. The molecule has 0 spiro atoms.